The van der Waals surface area contributed by atoms with Crippen molar-refractivity contribution < 1.29 is 9.53 Å². The van der Waals surface area contributed by atoms with Crippen molar-refractivity contribution in [1.82, 2.24) is 10.2 Å². The average Bonchev–Trinajstić information content (AvgIpc) is 2.68. The number of rotatable bonds is 5. The lowest BCUT2D eigenvalue weighted by molar-refractivity contribution is -0.133. The van der Waals surface area contributed by atoms with Gasteiger partial charge in [0.25, 0.3) is 0 Å². The molecule has 0 spiro atoms. The molecule has 0 aromatic carbocycles. The molecule has 3 unspecified atom stereocenters. The number of fused-ring (bicyclic) bond motifs is 2. The zero-order valence-electron chi connectivity index (χ0n) is 11.8. The number of methoxy groups -OCH3 is 1. The van der Waals surface area contributed by atoms with Gasteiger partial charge in [0, 0.05) is 32.7 Å². The summed E-state index contributed by atoms with van der Waals surface area (Å²) in [5.41, 5.74) is 0. The van der Waals surface area contributed by atoms with E-state index in [-0.39, 0.29) is 11.9 Å². The van der Waals surface area contributed by atoms with Crippen LogP contribution in [-0.2, 0) is 9.53 Å². The van der Waals surface area contributed by atoms with Crippen LogP contribution in [0.15, 0.2) is 0 Å². The minimum atomic E-state index is 0.168. The Bertz CT molecular complexity index is 284. The van der Waals surface area contributed by atoms with E-state index in [0.29, 0.717) is 31.0 Å². The van der Waals surface area contributed by atoms with Crippen molar-refractivity contribution in [3.05, 3.63) is 0 Å². The number of nitrogens with one attached hydrogen (secondary N) is 1. The van der Waals surface area contributed by atoms with Crippen molar-refractivity contribution in [3.63, 3.8) is 0 Å². The molecule has 18 heavy (non-hydrogen) atoms. The van der Waals surface area contributed by atoms with Crippen LogP contribution in [0, 0.1) is 5.92 Å². The Morgan fingerprint density at radius 3 is 2.56 bits per heavy atom. The highest BCUT2D eigenvalue weighted by Gasteiger charge is 2.34. The van der Waals surface area contributed by atoms with Crippen LogP contribution in [0.5, 0.6) is 0 Å². The zero-order chi connectivity index (χ0) is 13.1. The van der Waals surface area contributed by atoms with Gasteiger partial charge in [0.15, 0.2) is 0 Å². The molecule has 0 aromatic heterocycles. The van der Waals surface area contributed by atoms with Crippen molar-refractivity contribution in [2.45, 2.75) is 57.2 Å². The maximum absolute atomic E-state index is 12.2. The first kappa shape index (κ1) is 13.8. The summed E-state index contributed by atoms with van der Waals surface area (Å²) in [5, 5.41) is 3.62. The summed E-state index contributed by atoms with van der Waals surface area (Å²) >= 11 is 0. The van der Waals surface area contributed by atoms with Crippen LogP contribution >= 0.6 is 0 Å². The fourth-order valence-corrected chi connectivity index (χ4v) is 3.33. The molecule has 2 fully saturated rings. The second-order valence-corrected chi connectivity index (χ2v) is 5.99. The lowest BCUT2D eigenvalue weighted by Gasteiger charge is -2.31. The molecule has 2 rings (SSSR count). The van der Waals surface area contributed by atoms with Crippen molar-refractivity contribution in [2.75, 3.05) is 20.8 Å². The number of hydrogen-bond donors (Lipinski definition) is 1. The van der Waals surface area contributed by atoms with Gasteiger partial charge in [0.2, 0.25) is 5.91 Å². The lowest BCUT2D eigenvalue weighted by Crippen LogP contribution is -2.42. The van der Waals surface area contributed by atoms with E-state index in [1.807, 2.05) is 18.9 Å². The van der Waals surface area contributed by atoms with E-state index in [9.17, 15) is 4.79 Å². The predicted octanol–water partition coefficient (Wildman–Crippen LogP) is 1.40. The Labute approximate surface area is 110 Å². The van der Waals surface area contributed by atoms with Crippen LogP contribution in [0.2, 0.25) is 0 Å². The van der Waals surface area contributed by atoms with Gasteiger partial charge in [-0.15, -0.1) is 0 Å². The fraction of sp³-hybridized carbons (Fsp3) is 0.929. The highest BCUT2D eigenvalue weighted by atomic mass is 16.5. The monoisotopic (exact) mass is 254 g/mol. The molecule has 4 nitrogen and oxygen atoms in total. The highest BCUT2D eigenvalue weighted by molar-refractivity contribution is 5.76. The third-order valence-electron chi connectivity index (χ3n) is 4.50. The third kappa shape index (κ3) is 3.23. The first-order valence-corrected chi connectivity index (χ1v) is 7.10. The topological polar surface area (TPSA) is 41.6 Å². The van der Waals surface area contributed by atoms with E-state index in [0.717, 1.165) is 0 Å². The molecule has 3 atom stereocenters. The fourth-order valence-electron chi connectivity index (χ4n) is 3.33. The normalized spacial score (nSPS) is 32.3. The Kier molecular flexibility index (Phi) is 4.62. The summed E-state index contributed by atoms with van der Waals surface area (Å²) in [5.74, 6) is 0.847. The number of carbonyl (C=O) groups excluding carboxylic acids is 1. The van der Waals surface area contributed by atoms with Crippen molar-refractivity contribution in [1.29, 1.82) is 0 Å². The van der Waals surface area contributed by atoms with Gasteiger partial charge in [0.05, 0.1) is 12.6 Å². The zero-order valence-corrected chi connectivity index (χ0v) is 11.8. The quantitative estimate of drug-likeness (QED) is 0.806. The maximum Gasteiger partial charge on any atom is 0.222 e. The van der Waals surface area contributed by atoms with Gasteiger partial charge in [-0.3, -0.25) is 4.79 Å². The lowest BCUT2D eigenvalue weighted by atomic mass is 9.89. The standard InChI is InChI=1S/C14H26N2O2/c1-10(9-18-3)16(2)14(17)8-11-6-12-4-5-13(7-11)15-12/h10-13,15H,4-9H2,1-3H3. The van der Waals surface area contributed by atoms with Gasteiger partial charge in [-0.05, 0) is 38.5 Å². The van der Waals surface area contributed by atoms with Gasteiger partial charge >= 0.3 is 0 Å². The molecule has 1 N–H and O–H groups in total. The molecule has 2 aliphatic rings. The highest BCUT2D eigenvalue weighted by Crippen LogP contribution is 2.32. The molecule has 104 valence electrons. The summed E-state index contributed by atoms with van der Waals surface area (Å²) in [6.45, 7) is 2.65. The number of piperidine rings is 1. The van der Waals surface area contributed by atoms with E-state index in [4.69, 9.17) is 4.74 Å². The number of hydrogen-bond acceptors (Lipinski definition) is 3. The third-order valence-corrected chi connectivity index (χ3v) is 4.50. The number of nitrogens with zero attached hydrogens (tertiary/aromatic N) is 1. The van der Waals surface area contributed by atoms with E-state index < -0.39 is 0 Å². The molecule has 0 aliphatic carbocycles. The molecule has 1 amide bonds. The summed E-state index contributed by atoms with van der Waals surface area (Å²) in [6, 6.07) is 1.51. The average molecular weight is 254 g/mol. The van der Waals surface area contributed by atoms with Crippen LogP contribution in [-0.4, -0.2) is 49.7 Å². The Morgan fingerprint density at radius 1 is 1.39 bits per heavy atom. The molecule has 2 heterocycles. The molecule has 2 aliphatic heterocycles. The van der Waals surface area contributed by atoms with E-state index in [1.54, 1.807) is 7.11 Å². The van der Waals surface area contributed by atoms with Crippen LogP contribution in [0.1, 0.15) is 39.0 Å². The molecular weight excluding hydrogens is 228 g/mol. The summed E-state index contributed by atoms with van der Waals surface area (Å²) < 4.78 is 5.11. The first-order chi connectivity index (χ1) is 8.60. The summed E-state index contributed by atoms with van der Waals surface area (Å²) in [4.78, 5) is 14.1. The van der Waals surface area contributed by atoms with E-state index in [2.05, 4.69) is 5.32 Å². The Balaban J connectivity index is 1.80. The van der Waals surface area contributed by atoms with Crippen LogP contribution in [0.25, 0.3) is 0 Å². The summed E-state index contributed by atoms with van der Waals surface area (Å²) in [6.07, 6.45) is 5.65. The number of ether oxygens (including phenoxy) is 1. The van der Waals surface area contributed by atoms with Gasteiger partial charge < -0.3 is 15.0 Å². The van der Waals surface area contributed by atoms with Crippen LogP contribution in [0.4, 0.5) is 0 Å². The predicted molar refractivity (Wildman–Crippen MR) is 71.4 cm³/mol. The van der Waals surface area contributed by atoms with Crippen LogP contribution in [0.3, 0.4) is 0 Å². The van der Waals surface area contributed by atoms with E-state index in [1.165, 1.54) is 25.7 Å². The second kappa shape index (κ2) is 6.02. The van der Waals surface area contributed by atoms with Gasteiger partial charge in [0.1, 0.15) is 0 Å². The largest absolute Gasteiger partial charge is 0.383 e. The van der Waals surface area contributed by atoms with Crippen LogP contribution < -0.4 is 5.32 Å². The van der Waals surface area contributed by atoms with Gasteiger partial charge in [-0.2, -0.15) is 0 Å². The van der Waals surface area contributed by atoms with E-state index >= 15 is 0 Å². The molecule has 0 radical (unpaired) electrons. The van der Waals surface area contributed by atoms with Crippen molar-refractivity contribution in [3.8, 4) is 0 Å². The molecule has 0 saturated carbocycles. The number of carbonyl (C=O) groups is 1. The molecule has 4 heteroatoms. The molecule has 0 aromatic rings. The van der Waals surface area contributed by atoms with Gasteiger partial charge in [-0.25, -0.2) is 0 Å². The summed E-state index contributed by atoms with van der Waals surface area (Å²) in [7, 11) is 3.57. The smallest absolute Gasteiger partial charge is 0.222 e. The number of amides is 1. The maximum atomic E-state index is 12.2. The minimum absolute atomic E-state index is 0.168. The SMILES string of the molecule is COCC(C)N(C)C(=O)CC1CC2CCC(C1)N2. The molecule has 2 saturated heterocycles. The Morgan fingerprint density at radius 2 is 2.00 bits per heavy atom. The van der Waals surface area contributed by atoms with Gasteiger partial charge in [-0.1, -0.05) is 0 Å². The Hall–Kier alpha value is -0.610. The minimum Gasteiger partial charge on any atom is -0.383 e. The first-order valence-electron chi connectivity index (χ1n) is 7.10. The molecular formula is C14H26N2O2. The second-order valence-electron chi connectivity index (χ2n) is 5.99. The van der Waals surface area contributed by atoms with Crippen molar-refractivity contribution >= 4 is 5.91 Å². The van der Waals surface area contributed by atoms with Crippen molar-refractivity contribution in [2.24, 2.45) is 5.92 Å². The number of likely N-dealkylation sites (N-methyl/N-ethyl adjacent to an activating group) is 1. The molecule has 2 bridgehead atoms.